The van der Waals surface area contributed by atoms with Crippen molar-refractivity contribution in [1.29, 1.82) is 0 Å². The van der Waals surface area contributed by atoms with Gasteiger partial charge in [0.05, 0.1) is 41.7 Å². The maximum Gasteiger partial charge on any atom is 0.260 e. The summed E-state index contributed by atoms with van der Waals surface area (Å²) in [4.78, 5) is 71.8. The third kappa shape index (κ3) is 5.35. The number of phenols is 1. The summed E-state index contributed by atoms with van der Waals surface area (Å²) in [6.45, 7) is 3.41. The lowest BCUT2D eigenvalue weighted by Crippen LogP contribution is -2.54. The van der Waals surface area contributed by atoms with E-state index in [0.29, 0.717) is 28.1 Å². The number of hydrogen-bond donors (Lipinski definition) is 2. The first-order valence-corrected chi connectivity index (χ1v) is 18.1. The highest BCUT2D eigenvalue weighted by molar-refractivity contribution is 6.22. The number of amides is 4. The first kappa shape index (κ1) is 34.8. The second-order valence-electron chi connectivity index (χ2n) is 14.5. The number of Topliss-reactive ketones (excluding diaryl/α,β-unsaturated/α-hetero) is 1. The van der Waals surface area contributed by atoms with Crippen LogP contribution >= 0.6 is 0 Å². The third-order valence-corrected chi connectivity index (χ3v) is 11.7. The van der Waals surface area contributed by atoms with E-state index in [1.54, 1.807) is 36.4 Å². The average Bonchev–Trinajstić information content (AvgIpc) is 3.56. The van der Waals surface area contributed by atoms with Crippen LogP contribution in [0.4, 0.5) is 11.4 Å². The zero-order chi connectivity index (χ0) is 37.9. The van der Waals surface area contributed by atoms with E-state index in [1.165, 1.54) is 25.0 Å². The number of ketones is 1. The summed E-state index contributed by atoms with van der Waals surface area (Å²) in [7, 11) is 1.46. The molecule has 0 bridgehead atoms. The van der Waals surface area contributed by atoms with E-state index in [4.69, 9.17) is 4.74 Å². The fourth-order valence-electron chi connectivity index (χ4n) is 9.10. The molecule has 10 heteroatoms. The van der Waals surface area contributed by atoms with Gasteiger partial charge >= 0.3 is 0 Å². The van der Waals surface area contributed by atoms with Crippen LogP contribution in [-0.4, -0.2) is 46.6 Å². The fourth-order valence-corrected chi connectivity index (χ4v) is 9.10. The molecule has 4 aliphatic rings. The Balaban J connectivity index is 1.27. The molecule has 6 atom stereocenters. The number of carbonyl (C=O) groups excluding carboxylic acids is 5. The van der Waals surface area contributed by atoms with E-state index < -0.39 is 46.8 Å². The molecule has 4 aromatic rings. The molecule has 54 heavy (non-hydrogen) atoms. The van der Waals surface area contributed by atoms with Gasteiger partial charge < -0.3 is 9.84 Å². The number of allylic oxidation sites excluding steroid dienone is 3. The Bertz CT molecular complexity index is 2260. The lowest BCUT2D eigenvalue weighted by atomic mass is 9.50. The summed E-state index contributed by atoms with van der Waals surface area (Å²) in [5.41, 5.74) is 6.36. The molecule has 2 N–H and O–H groups in total. The van der Waals surface area contributed by atoms with Crippen molar-refractivity contribution < 1.29 is 33.8 Å². The van der Waals surface area contributed by atoms with Crippen LogP contribution in [0.5, 0.6) is 11.5 Å². The van der Waals surface area contributed by atoms with Crippen molar-refractivity contribution in [2.24, 2.45) is 29.6 Å². The second kappa shape index (κ2) is 13.3. The number of carbonyl (C=O) groups is 5. The summed E-state index contributed by atoms with van der Waals surface area (Å²) in [6.07, 6.45) is 6.22. The topological polar surface area (TPSA) is 133 Å². The Kier molecular flexibility index (Phi) is 8.56. The Hall–Kier alpha value is -6.29. The van der Waals surface area contributed by atoms with Crippen LogP contribution in [0.25, 0.3) is 6.08 Å². The molecule has 0 radical (unpaired) electrons. The molecule has 3 fully saturated rings. The first-order valence-electron chi connectivity index (χ1n) is 18.1. The quantitative estimate of drug-likeness (QED) is 0.118. The van der Waals surface area contributed by atoms with Gasteiger partial charge in [0.2, 0.25) is 11.8 Å². The zero-order valence-corrected chi connectivity index (χ0v) is 30.1. The highest BCUT2D eigenvalue weighted by Crippen LogP contribution is 2.61. The number of phenolic OH excluding ortho intramolecular Hbond substituents is 1. The number of ether oxygens (including phenoxy) is 1. The summed E-state index contributed by atoms with van der Waals surface area (Å²) in [5, 5.41) is 11.4. The van der Waals surface area contributed by atoms with Gasteiger partial charge in [-0.25, -0.2) is 0 Å². The van der Waals surface area contributed by atoms with Gasteiger partial charge in [-0.05, 0) is 92.3 Å². The predicted octanol–water partition coefficient (Wildman–Crippen LogP) is 6.65. The number of fused-ring (bicyclic) bond motifs is 4. The van der Waals surface area contributed by atoms with E-state index in [1.807, 2.05) is 79.7 Å². The zero-order valence-electron chi connectivity index (χ0n) is 30.1. The molecule has 2 aliphatic carbocycles. The number of benzene rings is 4. The maximum atomic E-state index is 15.2. The predicted molar refractivity (Wildman–Crippen MR) is 202 cm³/mol. The number of nitrogens with zero attached hydrogens (tertiary/aromatic N) is 2. The summed E-state index contributed by atoms with van der Waals surface area (Å²) >= 11 is 0. The van der Waals surface area contributed by atoms with Gasteiger partial charge in [0.1, 0.15) is 0 Å². The number of hydrazine groups is 1. The molecule has 1 saturated carbocycles. The van der Waals surface area contributed by atoms with E-state index in [2.05, 4.69) is 5.43 Å². The normalized spacial score (nSPS) is 26.1. The number of imide groups is 2. The monoisotopic (exact) mass is 721 g/mol. The largest absolute Gasteiger partial charge is 0.504 e. The molecule has 4 amide bonds. The molecule has 4 aromatic carbocycles. The molecule has 2 saturated heterocycles. The third-order valence-electron chi connectivity index (χ3n) is 11.7. The molecule has 272 valence electrons. The second-order valence-corrected chi connectivity index (χ2v) is 14.5. The Morgan fingerprint density at radius 1 is 0.889 bits per heavy atom. The molecule has 0 aromatic heterocycles. The van der Waals surface area contributed by atoms with E-state index in [0.717, 1.165) is 16.1 Å². The Labute approximate surface area is 312 Å². The van der Waals surface area contributed by atoms with Gasteiger partial charge in [-0.1, -0.05) is 77.9 Å². The van der Waals surface area contributed by atoms with Gasteiger partial charge in [0.25, 0.3) is 11.8 Å². The minimum absolute atomic E-state index is 0.0199. The Morgan fingerprint density at radius 3 is 2.30 bits per heavy atom. The molecule has 2 heterocycles. The van der Waals surface area contributed by atoms with Crippen LogP contribution in [0.2, 0.25) is 0 Å². The number of aryl methyl sites for hydroxylation is 1. The van der Waals surface area contributed by atoms with E-state index in [9.17, 15) is 24.3 Å². The number of nitrogens with one attached hydrogen (secondary N) is 1. The first-order chi connectivity index (χ1) is 26.0. The standard InChI is InChI=1S/C44H39N3O7/c1-25-9-15-30(16-10-25)45-47-41(51)36-24-34-32(19-20-33-39(34)42(52)46(40(33)50)31-17-13-28(14-18-31)26(2)48)35(21-11-27-12-22-37(49)38(23-27)54-3)44(36,43(47)53)29-7-5-4-6-8-29/h4-19,21-23,33-36,39,45,49H,20,24H2,1-3H3/t33-,34+,35-,36-,39-,44-/m0/s1. The maximum absolute atomic E-state index is 15.2. The molecular weight excluding hydrogens is 682 g/mol. The number of methoxy groups -OCH3 is 1. The SMILES string of the molecule is COc1cc(C=C[C@H]2C3=CC[C@@H]4C(=O)N(c5ccc(C(C)=O)cc5)C(=O)[C@@H]4[C@@H]3C[C@H]3C(=O)N(Nc4ccc(C)cc4)C(=O)[C@@]23c2ccccc2)ccc1O. The average molecular weight is 722 g/mol. The summed E-state index contributed by atoms with van der Waals surface area (Å²) in [5.74, 6) is -4.89. The number of anilines is 2. The van der Waals surface area contributed by atoms with E-state index in [-0.39, 0.29) is 41.9 Å². The lowest BCUT2D eigenvalue weighted by Gasteiger charge is -2.49. The number of aromatic hydroxyl groups is 1. The van der Waals surface area contributed by atoms with Gasteiger partial charge in [-0.2, -0.15) is 5.01 Å². The van der Waals surface area contributed by atoms with Crippen molar-refractivity contribution >= 4 is 46.9 Å². The number of hydrogen-bond acceptors (Lipinski definition) is 8. The van der Waals surface area contributed by atoms with Crippen LogP contribution < -0.4 is 15.1 Å². The lowest BCUT2D eigenvalue weighted by molar-refractivity contribution is -0.139. The smallest absolute Gasteiger partial charge is 0.260 e. The van der Waals surface area contributed by atoms with E-state index >= 15 is 4.79 Å². The molecule has 2 aliphatic heterocycles. The highest BCUT2D eigenvalue weighted by Gasteiger charge is 2.69. The fraction of sp³-hybridized carbons (Fsp3) is 0.250. The highest BCUT2D eigenvalue weighted by atomic mass is 16.5. The van der Waals surface area contributed by atoms with Gasteiger partial charge in [0, 0.05) is 11.5 Å². The van der Waals surface area contributed by atoms with Crippen LogP contribution in [0, 0.1) is 36.5 Å². The van der Waals surface area contributed by atoms with Crippen molar-refractivity contribution in [1.82, 2.24) is 5.01 Å². The molecular formula is C44H39N3O7. The van der Waals surface area contributed by atoms with Crippen LogP contribution in [0.1, 0.15) is 46.8 Å². The minimum Gasteiger partial charge on any atom is -0.504 e. The summed E-state index contributed by atoms with van der Waals surface area (Å²) < 4.78 is 5.37. The molecule has 0 unspecified atom stereocenters. The minimum atomic E-state index is -1.39. The summed E-state index contributed by atoms with van der Waals surface area (Å²) in [6, 6.07) is 28.1. The van der Waals surface area contributed by atoms with Crippen LogP contribution in [-0.2, 0) is 24.6 Å². The van der Waals surface area contributed by atoms with Gasteiger partial charge in [0.15, 0.2) is 17.3 Å². The Morgan fingerprint density at radius 2 is 1.61 bits per heavy atom. The van der Waals surface area contributed by atoms with Crippen molar-refractivity contribution in [3.05, 3.63) is 137 Å². The molecule has 0 spiro atoms. The van der Waals surface area contributed by atoms with Crippen molar-refractivity contribution in [3.63, 3.8) is 0 Å². The van der Waals surface area contributed by atoms with Gasteiger partial charge in [-0.15, -0.1) is 0 Å². The van der Waals surface area contributed by atoms with Gasteiger partial charge in [-0.3, -0.25) is 34.3 Å². The van der Waals surface area contributed by atoms with Crippen LogP contribution in [0.3, 0.4) is 0 Å². The van der Waals surface area contributed by atoms with Crippen molar-refractivity contribution in [2.75, 3.05) is 17.4 Å². The number of rotatable bonds is 8. The van der Waals surface area contributed by atoms with Crippen molar-refractivity contribution in [3.8, 4) is 11.5 Å². The van der Waals surface area contributed by atoms with Crippen LogP contribution in [0.15, 0.2) is 115 Å². The molecule has 10 nitrogen and oxygen atoms in total. The van der Waals surface area contributed by atoms with Crippen molar-refractivity contribution in [2.45, 2.75) is 32.1 Å². The molecule has 8 rings (SSSR count).